The average Bonchev–Trinajstić information content (AvgIpc) is 3.03. The summed E-state index contributed by atoms with van der Waals surface area (Å²) in [5.41, 5.74) is 3.43. The van der Waals surface area contributed by atoms with E-state index in [-0.39, 0.29) is 43.2 Å². The smallest absolute Gasteiger partial charge is 0.251 e. The van der Waals surface area contributed by atoms with E-state index in [1.165, 1.54) is 4.90 Å². The van der Waals surface area contributed by atoms with Crippen LogP contribution in [0.2, 0.25) is 0 Å². The Balaban J connectivity index is 1.54. The summed E-state index contributed by atoms with van der Waals surface area (Å²) in [7, 11) is 0. The highest BCUT2D eigenvalue weighted by Crippen LogP contribution is 2.16. The number of nitrogens with zero attached hydrogens (tertiary/aromatic N) is 1. The second-order valence-electron chi connectivity index (χ2n) is 7.43. The van der Waals surface area contributed by atoms with Crippen molar-refractivity contribution in [2.24, 2.45) is 0 Å². The highest BCUT2D eigenvalue weighted by atomic mass is 16.5. The van der Waals surface area contributed by atoms with Gasteiger partial charge in [0.1, 0.15) is 0 Å². The van der Waals surface area contributed by atoms with Gasteiger partial charge in [-0.25, -0.2) is 0 Å². The molecule has 0 spiro atoms. The maximum absolute atomic E-state index is 12.4. The van der Waals surface area contributed by atoms with Crippen molar-refractivity contribution in [3.63, 3.8) is 0 Å². The highest BCUT2D eigenvalue weighted by Gasteiger charge is 2.28. The molecule has 1 fully saturated rings. The Kier molecular flexibility index (Phi) is 6.77. The fourth-order valence-electron chi connectivity index (χ4n) is 3.12. The molecule has 3 rings (SSSR count). The molecule has 6 nitrogen and oxygen atoms in total. The van der Waals surface area contributed by atoms with Crippen molar-refractivity contribution >= 4 is 17.7 Å². The summed E-state index contributed by atoms with van der Waals surface area (Å²) in [4.78, 5) is 37.1. The molecular weight excluding hydrogens is 368 g/mol. The van der Waals surface area contributed by atoms with Crippen molar-refractivity contribution in [3.8, 4) is 0 Å². The molecule has 6 heteroatoms. The minimum Gasteiger partial charge on any atom is -0.374 e. The molecule has 0 bridgehead atoms. The number of nitrogens with one attached hydrogen (secondary N) is 1. The number of benzene rings is 2. The first-order chi connectivity index (χ1) is 13.9. The van der Waals surface area contributed by atoms with E-state index in [9.17, 15) is 14.4 Å². The third kappa shape index (κ3) is 5.74. The summed E-state index contributed by atoms with van der Waals surface area (Å²) in [5.74, 6) is -0.454. The fourth-order valence-corrected chi connectivity index (χ4v) is 3.12. The Morgan fingerprint density at radius 2 is 1.66 bits per heavy atom. The van der Waals surface area contributed by atoms with Crippen molar-refractivity contribution in [3.05, 3.63) is 70.8 Å². The van der Waals surface area contributed by atoms with Gasteiger partial charge >= 0.3 is 0 Å². The van der Waals surface area contributed by atoms with Crippen LogP contribution in [-0.4, -0.2) is 28.7 Å². The van der Waals surface area contributed by atoms with Crippen LogP contribution >= 0.6 is 0 Å². The molecule has 2 aromatic carbocycles. The minimum absolute atomic E-state index is 0.141. The van der Waals surface area contributed by atoms with Gasteiger partial charge in [-0.15, -0.1) is 0 Å². The molecule has 1 heterocycles. The zero-order valence-corrected chi connectivity index (χ0v) is 16.8. The second-order valence-corrected chi connectivity index (χ2v) is 7.43. The van der Waals surface area contributed by atoms with E-state index in [4.69, 9.17) is 4.74 Å². The summed E-state index contributed by atoms with van der Waals surface area (Å²) in [6.07, 6.45) is 0.733. The van der Waals surface area contributed by atoms with Gasteiger partial charge in [0.25, 0.3) is 5.91 Å². The van der Waals surface area contributed by atoms with Gasteiger partial charge in [-0.1, -0.05) is 36.4 Å². The van der Waals surface area contributed by atoms with Gasteiger partial charge in [-0.3, -0.25) is 19.3 Å². The molecule has 29 heavy (non-hydrogen) atoms. The molecule has 0 unspecified atom stereocenters. The second kappa shape index (κ2) is 9.47. The molecule has 1 aliphatic rings. The van der Waals surface area contributed by atoms with Gasteiger partial charge in [-0.05, 0) is 42.7 Å². The molecular formula is C23H26N2O4. The van der Waals surface area contributed by atoms with Gasteiger partial charge in [0.2, 0.25) is 11.8 Å². The van der Waals surface area contributed by atoms with Gasteiger partial charge in [0.15, 0.2) is 0 Å². The molecule has 1 saturated heterocycles. The van der Waals surface area contributed by atoms with E-state index in [1.807, 2.05) is 38.1 Å². The molecule has 0 saturated carbocycles. The van der Waals surface area contributed by atoms with Crippen molar-refractivity contribution in [1.29, 1.82) is 0 Å². The molecule has 0 radical (unpaired) electrons. The summed E-state index contributed by atoms with van der Waals surface area (Å²) in [6, 6.07) is 14.9. The number of likely N-dealkylation sites (tertiary alicyclic amines) is 1. The van der Waals surface area contributed by atoms with Gasteiger partial charge < -0.3 is 10.1 Å². The minimum atomic E-state index is -0.172. The Hall–Kier alpha value is -2.99. The number of hydrogen-bond acceptors (Lipinski definition) is 4. The number of carbonyl (C=O) groups is 3. The Bertz CT molecular complexity index is 874. The standard InChI is InChI=1S/C23H26N2O4/c1-16(2)29-15-19-5-3-4-18(12-19)13-24-23(28)20-8-6-17(7-9-20)14-25-21(26)10-11-22(25)27/h3-9,12,16H,10-11,13-15H2,1-2H3,(H,24,28). The van der Waals surface area contributed by atoms with E-state index < -0.39 is 0 Å². The van der Waals surface area contributed by atoms with Gasteiger partial charge in [0, 0.05) is 24.9 Å². The Morgan fingerprint density at radius 1 is 1.00 bits per heavy atom. The monoisotopic (exact) mass is 394 g/mol. The summed E-state index contributed by atoms with van der Waals surface area (Å²) in [5, 5.41) is 2.92. The fraction of sp³-hybridized carbons (Fsp3) is 0.348. The van der Waals surface area contributed by atoms with Crippen LogP contribution in [0, 0.1) is 0 Å². The predicted octanol–water partition coefficient (Wildman–Crippen LogP) is 3.19. The molecule has 152 valence electrons. The van der Waals surface area contributed by atoms with Crippen molar-refractivity contribution in [2.75, 3.05) is 0 Å². The Morgan fingerprint density at radius 3 is 2.31 bits per heavy atom. The zero-order valence-electron chi connectivity index (χ0n) is 16.8. The predicted molar refractivity (Wildman–Crippen MR) is 109 cm³/mol. The molecule has 3 amide bonds. The van der Waals surface area contributed by atoms with Crippen LogP contribution in [0.25, 0.3) is 0 Å². The number of imide groups is 1. The topological polar surface area (TPSA) is 75.7 Å². The van der Waals surface area contributed by atoms with Crippen LogP contribution in [0.15, 0.2) is 48.5 Å². The van der Waals surface area contributed by atoms with Gasteiger partial charge in [0.05, 0.1) is 19.3 Å². The lowest BCUT2D eigenvalue weighted by Gasteiger charge is -2.14. The largest absolute Gasteiger partial charge is 0.374 e. The van der Waals surface area contributed by atoms with Crippen LogP contribution in [0.3, 0.4) is 0 Å². The normalized spacial score (nSPS) is 14.0. The number of carbonyl (C=O) groups excluding carboxylic acids is 3. The summed E-state index contributed by atoms with van der Waals surface area (Å²) >= 11 is 0. The lowest BCUT2D eigenvalue weighted by atomic mass is 10.1. The Labute approximate surface area is 170 Å². The molecule has 0 aromatic heterocycles. The van der Waals surface area contributed by atoms with E-state index in [0.717, 1.165) is 16.7 Å². The first-order valence-electron chi connectivity index (χ1n) is 9.82. The quantitative estimate of drug-likeness (QED) is 0.698. The molecule has 2 aromatic rings. The van der Waals surface area contributed by atoms with Crippen LogP contribution in [0.4, 0.5) is 0 Å². The average molecular weight is 394 g/mol. The van der Waals surface area contributed by atoms with Crippen LogP contribution in [0.5, 0.6) is 0 Å². The van der Waals surface area contributed by atoms with E-state index in [2.05, 4.69) is 5.32 Å². The summed E-state index contributed by atoms with van der Waals surface area (Å²) < 4.78 is 5.62. The van der Waals surface area contributed by atoms with Crippen LogP contribution in [-0.2, 0) is 34.0 Å². The number of amides is 3. The number of rotatable bonds is 8. The van der Waals surface area contributed by atoms with Crippen LogP contribution in [0.1, 0.15) is 53.7 Å². The van der Waals surface area contributed by atoms with Crippen LogP contribution < -0.4 is 5.32 Å². The molecule has 1 N–H and O–H groups in total. The SMILES string of the molecule is CC(C)OCc1cccc(CNC(=O)c2ccc(CN3C(=O)CCC3=O)cc2)c1. The maximum Gasteiger partial charge on any atom is 0.251 e. The van der Waals surface area contributed by atoms with E-state index >= 15 is 0 Å². The molecule has 0 aliphatic carbocycles. The highest BCUT2D eigenvalue weighted by molar-refractivity contribution is 6.01. The molecule has 0 atom stereocenters. The number of hydrogen-bond donors (Lipinski definition) is 1. The lowest BCUT2D eigenvalue weighted by Crippen LogP contribution is -2.28. The van der Waals surface area contributed by atoms with Crippen molar-refractivity contribution in [1.82, 2.24) is 10.2 Å². The third-order valence-corrected chi connectivity index (χ3v) is 4.74. The van der Waals surface area contributed by atoms with E-state index in [1.54, 1.807) is 24.3 Å². The third-order valence-electron chi connectivity index (χ3n) is 4.74. The first kappa shape index (κ1) is 20.7. The van der Waals surface area contributed by atoms with Crippen molar-refractivity contribution in [2.45, 2.75) is 52.5 Å². The zero-order chi connectivity index (χ0) is 20.8. The first-order valence-corrected chi connectivity index (χ1v) is 9.82. The maximum atomic E-state index is 12.4. The molecule has 1 aliphatic heterocycles. The van der Waals surface area contributed by atoms with Gasteiger partial charge in [-0.2, -0.15) is 0 Å². The van der Waals surface area contributed by atoms with E-state index in [0.29, 0.717) is 18.7 Å². The number of ether oxygens (including phenoxy) is 1. The van der Waals surface area contributed by atoms with Crippen molar-refractivity contribution < 1.29 is 19.1 Å². The lowest BCUT2D eigenvalue weighted by molar-refractivity contribution is -0.139. The summed E-state index contributed by atoms with van der Waals surface area (Å²) in [6.45, 7) is 5.22.